The maximum Gasteiger partial charge on any atom is 0.311 e. The monoisotopic (exact) mass is 362 g/mol. The van der Waals surface area contributed by atoms with Crippen LogP contribution in [0.2, 0.25) is 0 Å². The van der Waals surface area contributed by atoms with Gasteiger partial charge in [-0.2, -0.15) is 0 Å². The number of benzene rings is 1. The standard InChI is InChI=1S/C19H23FN2O4/c20-16-8-4-1-5-13(16)10-21-17(23)12-26-19(25)14-9-18(24)22(11-14)15-6-2-3-7-15/h1,4-5,8,14-15H,2-3,6-7,9-12H2,(H,21,23)/t14-/m1/s1. The lowest BCUT2D eigenvalue weighted by Gasteiger charge is -2.23. The zero-order valence-corrected chi connectivity index (χ0v) is 14.6. The van der Waals surface area contributed by atoms with Gasteiger partial charge in [-0.1, -0.05) is 31.0 Å². The minimum Gasteiger partial charge on any atom is -0.455 e. The Balaban J connectivity index is 1.41. The van der Waals surface area contributed by atoms with Crippen LogP contribution in [0, 0.1) is 11.7 Å². The summed E-state index contributed by atoms with van der Waals surface area (Å²) in [6.07, 6.45) is 4.36. The fourth-order valence-electron chi connectivity index (χ4n) is 3.60. The predicted octanol–water partition coefficient (Wildman–Crippen LogP) is 1.78. The van der Waals surface area contributed by atoms with Crippen molar-refractivity contribution in [2.75, 3.05) is 13.2 Å². The molecule has 7 heteroatoms. The Kier molecular flexibility index (Phi) is 5.85. The summed E-state index contributed by atoms with van der Waals surface area (Å²) in [4.78, 5) is 37.8. The molecule has 1 N–H and O–H groups in total. The van der Waals surface area contributed by atoms with E-state index >= 15 is 0 Å². The molecule has 0 bridgehead atoms. The molecule has 2 amide bonds. The molecule has 0 aromatic heterocycles. The van der Waals surface area contributed by atoms with Gasteiger partial charge in [-0.05, 0) is 18.9 Å². The summed E-state index contributed by atoms with van der Waals surface area (Å²) in [5.41, 5.74) is 0.362. The second-order valence-corrected chi connectivity index (χ2v) is 6.86. The number of hydrogen-bond donors (Lipinski definition) is 1. The minimum atomic E-state index is -0.528. The first kappa shape index (κ1) is 18.4. The molecule has 26 heavy (non-hydrogen) atoms. The summed E-state index contributed by atoms with van der Waals surface area (Å²) in [5.74, 6) is -1.95. The quantitative estimate of drug-likeness (QED) is 0.783. The zero-order valence-electron chi connectivity index (χ0n) is 14.6. The second-order valence-electron chi connectivity index (χ2n) is 6.86. The van der Waals surface area contributed by atoms with Crippen LogP contribution >= 0.6 is 0 Å². The van der Waals surface area contributed by atoms with Gasteiger partial charge in [-0.15, -0.1) is 0 Å². The van der Waals surface area contributed by atoms with Gasteiger partial charge in [0.15, 0.2) is 6.61 Å². The molecule has 0 unspecified atom stereocenters. The van der Waals surface area contributed by atoms with E-state index in [4.69, 9.17) is 4.74 Å². The number of nitrogens with one attached hydrogen (secondary N) is 1. The highest BCUT2D eigenvalue weighted by Gasteiger charge is 2.39. The molecular formula is C19H23FN2O4. The number of ether oxygens (including phenoxy) is 1. The molecule has 1 atom stereocenters. The molecule has 0 radical (unpaired) electrons. The number of halogens is 1. The van der Waals surface area contributed by atoms with E-state index in [9.17, 15) is 18.8 Å². The summed E-state index contributed by atoms with van der Waals surface area (Å²) in [7, 11) is 0. The van der Waals surface area contributed by atoms with Crippen LogP contribution < -0.4 is 5.32 Å². The van der Waals surface area contributed by atoms with Gasteiger partial charge in [0, 0.05) is 31.1 Å². The number of esters is 1. The predicted molar refractivity (Wildman–Crippen MR) is 91.3 cm³/mol. The fraction of sp³-hybridized carbons (Fsp3) is 0.526. The van der Waals surface area contributed by atoms with E-state index in [1.165, 1.54) is 6.07 Å². The SMILES string of the molecule is O=C(COC(=O)[C@@H]1CC(=O)N(C2CCCC2)C1)NCc1ccccc1F. The Morgan fingerprint density at radius 3 is 2.69 bits per heavy atom. The van der Waals surface area contributed by atoms with Crippen molar-refractivity contribution in [2.24, 2.45) is 5.92 Å². The smallest absolute Gasteiger partial charge is 0.311 e. The van der Waals surface area contributed by atoms with Crippen LogP contribution in [0.3, 0.4) is 0 Å². The van der Waals surface area contributed by atoms with Gasteiger partial charge in [-0.3, -0.25) is 14.4 Å². The lowest BCUT2D eigenvalue weighted by atomic mass is 10.1. The summed E-state index contributed by atoms with van der Waals surface area (Å²) in [5, 5.41) is 2.51. The van der Waals surface area contributed by atoms with Gasteiger partial charge < -0.3 is 15.0 Å². The van der Waals surface area contributed by atoms with Crippen molar-refractivity contribution in [3.05, 3.63) is 35.6 Å². The maximum absolute atomic E-state index is 13.5. The van der Waals surface area contributed by atoms with Crippen molar-refractivity contribution >= 4 is 17.8 Å². The Labute approximate surface area is 151 Å². The van der Waals surface area contributed by atoms with Gasteiger partial charge in [0.25, 0.3) is 5.91 Å². The second kappa shape index (κ2) is 8.29. The zero-order chi connectivity index (χ0) is 18.5. The van der Waals surface area contributed by atoms with E-state index in [2.05, 4.69) is 5.32 Å². The van der Waals surface area contributed by atoms with Crippen LogP contribution in [-0.4, -0.2) is 41.9 Å². The molecule has 1 heterocycles. The van der Waals surface area contributed by atoms with Gasteiger partial charge >= 0.3 is 5.97 Å². The van der Waals surface area contributed by atoms with Crippen LogP contribution in [0.15, 0.2) is 24.3 Å². The van der Waals surface area contributed by atoms with Gasteiger partial charge in [0.1, 0.15) is 5.82 Å². The average Bonchev–Trinajstić information content (AvgIpc) is 3.28. The average molecular weight is 362 g/mol. The maximum atomic E-state index is 13.5. The van der Waals surface area contributed by atoms with E-state index in [0.29, 0.717) is 12.1 Å². The molecule has 1 aliphatic heterocycles. The molecule has 140 valence electrons. The van der Waals surface area contributed by atoms with Gasteiger partial charge in [0.05, 0.1) is 5.92 Å². The van der Waals surface area contributed by atoms with Crippen molar-refractivity contribution in [3.63, 3.8) is 0 Å². The number of amides is 2. The van der Waals surface area contributed by atoms with E-state index in [-0.39, 0.29) is 24.9 Å². The van der Waals surface area contributed by atoms with Crippen molar-refractivity contribution in [2.45, 2.75) is 44.7 Å². The third-order valence-electron chi connectivity index (χ3n) is 5.04. The Hall–Kier alpha value is -2.44. The molecule has 1 aliphatic carbocycles. The van der Waals surface area contributed by atoms with Crippen LogP contribution in [0.4, 0.5) is 4.39 Å². The molecule has 1 aromatic rings. The summed E-state index contributed by atoms with van der Waals surface area (Å²) in [6, 6.07) is 6.38. The minimum absolute atomic E-state index is 0.0112. The van der Waals surface area contributed by atoms with Crippen LogP contribution in [0.1, 0.15) is 37.7 Å². The first-order valence-electron chi connectivity index (χ1n) is 9.01. The summed E-state index contributed by atoms with van der Waals surface area (Å²) in [6.45, 7) is -0.0268. The van der Waals surface area contributed by atoms with Crippen molar-refractivity contribution in [1.29, 1.82) is 0 Å². The van der Waals surface area contributed by atoms with E-state index in [1.807, 2.05) is 0 Å². The molecule has 6 nitrogen and oxygen atoms in total. The summed E-state index contributed by atoms with van der Waals surface area (Å²) >= 11 is 0. The van der Waals surface area contributed by atoms with Crippen molar-refractivity contribution < 1.29 is 23.5 Å². The van der Waals surface area contributed by atoms with E-state index in [0.717, 1.165) is 25.7 Å². The Morgan fingerprint density at radius 1 is 1.23 bits per heavy atom. The van der Waals surface area contributed by atoms with Gasteiger partial charge in [0.2, 0.25) is 5.91 Å². The molecule has 1 aromatic carbocycles. The number of likely N-dealkylation sites (tertiary alicyclic amines) is 1. The number of rotatable bonds is 6. The van der Waals surface area contributed by atoms with Gasteiger partial charge in [-0.25, -0.2) is 4.39 Å². The van der Waals surface area contributed by atoms with Crippen LogP contribution in [0.5, 0.6) is 0 Å². The molecular weight excluding hydrogens is 339 g/mol. The number of hydrogen-bond acceptors (Lipinski definition) is 4. The lowest BCUT2D eigenvalue weighted by molar-refractivity contribution is -0.152. The largest absolute Gasteiger partial charge is 0.455 e. The first-order chi connectivity index (χ1) is 12.5. The molecule has 0 spiro atoms. The van der Waals surface area contributed by atoms with Crippen LogP contribution in [-0.2, 0) is 25.7 Å². The fourth-order valence-corrected chi connectivity index (χ4v) is 3.60. The molecule has 1 saturated heterocycles. The van der Waals surface area contributed by atoms with Crippen molar-refractivity contribution in [1.82, 2.24) is 10.2 Å². The van der Waals surface area contributed by atoms with Crippen molar-refractivity contribution in [3.8, 4) is 0 Å². The van der Waals surface area contributed by atoms with Crippen LogP contribution in [0.25, 0.3) is 0 Å². The third-order valence-corrected chi connectivity index (χ3v) is 5.04. The highest BCUT2D eigenvalue weighted by Crippen LogP contribution is 2.29. The third kappa shape index (κ3) is 4.39. The molecule has 3 rings (SSSR count). The number of carbonyl (C=O) groups is 3. The molecule has 2 aliphatic rings. The summed E-state index contributed by atoms with van der Waals surface area (Å²) < 4.78 is 18.5. The topological polar surface area (TPSA) is 75.7 Å². The lowest BCUT2D eigenvalue weighted by Crippen LogP contribution is -2.35. The van der Waals surface area contributed by atoms with E-state index < -0.39 is 30.2 Å². The molecule has 2 fully saturated rings. The molecule has 1 saturated carbocycles. The Morgan fingerprint density at radius 2 is 1.96 bits per heavy atom. The Bertz CT molecular complexity index is 688. The highest BCUT2D eigenvalue weighted by atomic mass is 19.1. The normalized spacial score (nSPS) is 20.4. The highest BCUT2D eigenvalue weighted by molar-refractivity contribution is 5.88. The number of carbonyl (C=O) groups excluding carboxylic acids is 3. The first-order valence-corrected chi connectivity index (χ1v) is 9.01. The van der Waals surface area contributed by atoms with E-state index in [1.54, 1.807) is 23.1 Å². The number of nitrogens with zero attached hydrogens (tertiary/aromatic N) is 1.